The highest BCUT2D eigenvalue weighted by Crippen LogP contribution is 2.29. The minimum Gasteiger partial charge on any atom is -0.507 e. The van der Waals surface area contributed by atoms with E-state index in [-0.39, 0.29) is 29.0 Å². The number of hydrogen-bond donors (Lipinski definition) is 1. The number of hydrogen-bond acceptors (Lipinski definition) is 4. The lowest BCUT2D eigenvalue weighted by Crippen LogP contribution is -2.13. The average Bonchev–Trinajstić information content (AvgIpc) is 2.26. The van der Waals surface area contributed by atoms with Crippen LogP contribution in [0.25, 0.3) is 0 Å². The molecule has 0 aliphatic heterocycles. The molecule has 106 valence electrons. The maximum atomic E-state index is 11.9. The SMILES string of the molecule is CCC(C)Oc1cc(C)c(C(=O)CS(C)=O)c(O)c1. The summed E-state index contributed by atoms with van der Waals surface area (Å²) in [4.78, 5) is 11.9. The highest BCUT2D eigenvalue weighted by Gasteiger charge is 2.17. The molecule has 4 nitrogen and oxygen atoms in total. The van der Waals surface area contributed by atoms with E-state index in [0.29, 0.717) is 11.3 Å². The fourth-order valence-electron chi connectivity index (χ4n) is 1.74. The number of aromatic hydroxyl groups is 1. The van der Waals surface area contributed by atoms with E-state index in [1.54, 1.807) is 13.0 Å². The predicted octanol–water partition coefficient (Wildman–Crippen LogP) is 2.44. The maximum Gasteiger partial charge on any atom is 0.179 e. The topological polar surface area (TPSA) is 63.6 Å². The number of ketones is 1. The van der Waals surface area contributed by atoms with Crippen LogP contribution in [0.15, 0.2) is 12.1 Å². The van der Waals surface area contributed by atoms with Gasteiger partial charge in [0.1, 0.15) is 11.5 Å². The molecule has 0 saturated heterocycles. The lowest BCUT2D eigenvalue weighted by molar-refractivity contribution is 0.101. The molecule has 0 fully saturated rings. The summed E-state index contributed by atoms with van der Waals surface area (Å²) in [7, 11) is -1.22. The van der Waals surface area contributed by atoms with Crippen LogP contribution in [0.4, 0.5) is 0 Å². The third kappa shape index (κ3) is 4.35. The van der Waals surface area contributed by atoms with Crippen molar-refractivity contribution in [2.24, 2.45) is 0 Å². The van der Waals surface area contributed by atoms with Crippen LogP contribution in [-0.4, -0.2) is 33.2 Å². The van der Waals surface area contributed by atoms with Crippen LogP contribution >= 0.6 is 0 Å². The van der Waals surface area contributed by atoms with Gasteiger partial charge < -0.3 is 9.84 Å². The van der Waals surface area contributed by atoms with Crippen molar-refractivity contribution in [2.75, 3.05) is 12.0 Å². The van der Waals surface area contributed by atoms with Gasteiger partial charge in [0, 0.05) is 23.1 Å². The van der Waals surface area contributed by atoms with Crippen molar-refractivity contribution < 1.29 is 18.8 Å². The quantitative estimate of drug-likeness (QED) is 0.815. The zero-order valence-electron chi connectivity index (χ0n) is 11.7. The van der Waals surface area contributed by atoms with E-state index >= 15 is 0 Å². The van der Waals surface area contributed by atoms with Gasteiger partial charge in [-0.05, 0) is 31.9 Å². The lowest BCUT2D eigenvalue weighted by Gasteiger charge is -2.15. The monoisotopic (exact) mass is 284 g/mol. The first kappa shape index (κ1) is 15.7. The van der Waals surface area contributed by atoms with Crippen LogP contribution < -0.4 is 4.74 Å². The van der Waals surface area contributed by atoms with Gasteiger partial charge in [0.25, 0.3) is 0 Å². The zero-order chi connectivity index (χ0) is 14.6. The van der Waals surface area contributed by atoms with Crippen LogP contribution in [0, 0.1) is 6.92 Å². The number of Topliss-reactive ketones (excluding diaryl/α,β-unsaturated/α-hetero) is 1. The van der Waals surface area contributed by atoms with E-state index in [0.717, 1.165) is 6.42 Å². The molecule has 0 aliphatic carbocycles. The van der Waals surface area contributed by atoms with Gasteiger partial charge >= 0.3 is 0 Å². The number of aryl methyl sites for hydroxylation is 1. The molecule has 1 rings (SSSR count). The van der Waals surface area contributed by atoms with Crippen molar-refractivity contribution in [1.29, 1.82) is 0 Å². The van der Waals surface area contributed by atoms with Gasteiger partial charge in [-0.1, -0.05) is 6.92 Å². The molecule has 0 radical (unpaired) electrons. The molecular weight excluding hydrogens is 264 g/mol. The molecule has 0 heterocycles. The second kappa shape index (κ2) is 6.70. The third-order valence-electron chi connectivity index (χ3n) is 2.81. The average molecular weight is 284 g/mol. The summed E-state index contributed by atoms with van der Waals surface area (Å²) in [6.07, 6.45) is 2.36. The van der Waals surface area contributed by atoms with Crippen LogP contribution in [0.3, 0.4) is 0 Å². The smallest absolute Gasteiger partial charge is 0.179 e. The molecule has 0 aliphatic rings. The largest absolute Gasteiger partial charge is 0.507 e. The number of benzene rings is 1. The molecular formula is C14H20O4S. The molecule has 19 heavy (non-hydrogen) atoms. The summed E-state index contributed by atoms with van der Waals surface area (Å²) in [5, 5.41) is 9.94. The van der Waals surface area contributed by atoms with E-state index in [2.05, 4.69) is 0 Å². The molecule has 0 aromatic heterocycles. The number of ether oxygens (including phenoxy) is 1. The summed E-state index contributed by atoms with van der Waals surface area (Å²) in [6, 6.07) is 3.16. The Labute approximate surface area is 116 Å². The van der Waals surface area contributed by atoms with Crippen molar-refractivity contribution in [2.45, 2.75) is 33.3 Å². The molecule has 0 amide bonds. The van der Waals surface area contributed by atoms with Gasteiger partial charge in [-0.2, -0.15) is 0 Å². The molecule has 5 heteroatoms. The summed E-state index contributed by atoms with van der Waals surface area (Å²) < 4.78 is 16.7. The first-order valence-electron chi connectivity index (χ1n) is 6.18. The number of carbonyl (C=O) groups is 1. The molecule has 0 saturated carbocycles. The van der Waals surface area contributed by atoms with E-state index < -0.39 is 10.8 Å². The Balaban J connectivity index is 3.03. The van der Waals surface area contributed by atoms with Crippen molar-refractivity contribution in [3.63, 3.8) is 0 Å². The van der Waals surface area contributed by atoms with Crippen molar-refractivity contribution in [3.8, 4) is 11.5 Å². The van der Waals surface area contributed by atoms with E-state index in [4.69, 9.17) is 4.74 Å². The Bertz CT molecular complexity index is 473. The first-order valence-corrected chi connectivity index (χ1v) is 7.91. The van der Waals surface area contributed by atoms with Crippen LogP contribution in [-0.2, 0) is 10.8 Å². The minimum absolute atomic E-state index is 0.0449. The highest BCUT2D eigenvalue weighted by atomic mass is 32.2. The number of rotatable bonds is 6. The molecule has 0 bridgehead atoms. The Morgan fingerprint density at radius 1 is 1.47 bits per heavy atom. The number of phenols is 1. The van der Waals surface area contributed by atoms with Gasteiger partial charge in [-0.25, -0.2) is 0 Å². The first-order chi connectivity index (χ1) is 8.85. The number of phenolic OH excluding ortho intramolecular Hbond substituents is 1. The van der Waals surface area contributed by atoms with Gasteiger partial charge in [-0.3, -0.25) is 9.00 Å². The Hall–Kier alpha value is -1.36. The minimum atomic E-state index is -1.22. The Morgan fingerprint density at radius 2 is 2.11 bits per heavy atom. The maximum absolute atomic E-state index is 11.9. The number of carbonyl (C=O) groups excluding carboxylic acids is 1. The van der Waals surface area contributed by atoms with Crippen molar-refractivity contribution in [1.82, 2.24) is 0 Å². The van der Waals surface area contributed by atoms with Crippen LogP contribution in [0.2, 0.25) is 0 Å². The summed E-state index contributed by atoms with van der Waals surface area (Å²) in [6.45, 7) is 5.67. The van der Waals surface area contributed by atoms with Gasteiger partial charge in [0.05, 0.1) is 17.4 Å². The fourth-order valence-corrected chi connectivity index (χ4v) is 2.25. The van der Waals surface area contributed by atoms with Crippen LogP contribution in [0.1, 0.15) is 36.2 Å². The summed E-state index contributed by atoms with van der Waals surface area (Å²) in [5.74, 6) is 0.0261. The third-order valence-corrected chi connectivity index (χ3v) is 3.48. The fraction of sp³-hybridized carbons (Fsp3) is 0.500. The molecule has 1 aromatic rings. The standard InChI is InChI=1S/C14H20O4S/c1-5-10(3)18-11-6-9(2)14(12(15)7-11)13(16)8-19(4)17/h6-7,10,15H,5,8H2,1-4H3. The van der Waals surface area contributed by atoms with Crippen LogP contribution in [0.5, 0.6) is 11.5 Å². The molecule has 0 spiro atoms. The van der Waals surface area contributed by atoms with Gasteiger partial charge in [-0.15, -0.1) is 0 Å². The van der Waals surface area contributed by atoms with Crippen molar-refractivity contribution >= 4 is 16.6 Å². The van der Waals surface area contributed by atoms with Gasteiger partial charge in [0.15, 0.2) is 5.78 Å². The highest BCUT2D eigenvalue weighted by molar-refractivity contribution is 7.85. The van der Waals surface area contributed by atoms with E-state index in [9.17, 15) is 14.1 Å². The second-order valence-electron chi connectivity index (χ2n) is 4.61. The van der Waals surface area contributed by atoms with Crippen molar-refractivity contribution in [3.05, 3.63) is 23.3 Å². The summed E-state index contributed by atoms with van der Waals surface area (Å²) >= 11 is 0. The molecule has 2 unspecified atom stereocenters. The van der Waals surface area contributed by atoms with E-state index in [1.807, 2.05) is 13.8 Å². The van der Waals surface area contributed by atoms with E-state index in [1.165, 1.54) is 12.3 Å². The lowest BCUT2D eigenvalue weighted by atomic mass is 10.0. The summed E-state index contributed by atoms with van der Waals surface area (Å²) in [5.41, 5.74) is 0.862. The predicted molar refractivity (Wildman–Crippen MR) is 76.5 cm³/mol. The second-order valence-corrected chi connectivity index (χ2v) is 6.05. The molecule has 1 aromatic carbocycles. The Morgan fingerprint density at radius 3 is 2.58 bits per heavy atom. The molecule has 2 atom stereocenters. The normalized spacial score (nSPS) is 13.9. The Kier molecular flexibility index (Phi) is 5.54. The van der Waals surface area contributed by atoms with Gasteiger partial charge in [0.2, 0.25) is 0 Å². The molecule has 1 N–H and O–H groups in total. The zero-order valence-corrected chi connectivity index (χ0v) is 12.5.